The van der Waals surface area contributed by atoms with Gasteiger partial charge in [0.2, 0.25) is 11.7 Å². The summed E-state index contributed by atoms with van der Waals surface area (Å²) in [5.41, 5.74) is 2.91. The first kappa shape index (κ1) is 28.4. The SMILES string of the molecule is COc1ccc([C@H]2[C@H](C(=O)Nc3cc(OC)c(OC)c(OC)c3)c3ccccc3C(=O)N2c2ccc(OC)cc2)cc1. The number of hydrogen-bond acceptors (Lipinski definition) is 7. The third kappa shape index (κ3) is 5.16. The molecule has 0 aromatic heterocycles. The zero-order chi connectivity index (χ0) is 29.8. The van der Waals surface area contributed by atoms with Crippen molar-refractivity contribution in [2.75, 3.05) is 45.8 Å². The van der Waals surface area contributed by atoms with Crippen LogP contribution in [0.5, 0.6) is 28.7 Å². The molecule has 4 aromatic rings. The van der Waals surface area contributed by atoms with Crippen molar-refractivity contribution in [3.8, 4) is 28.7 Å². The second kappa shape index (κ2) is 12.1. The Morgan fingerprint density at radius 1 is 0.714 bits per heavy atom. The lowest BCUT2D eigenvalue weighted by Gasteiger charge is -2.42. The summed E-state index contributed by atoms with van der Waals surface area (Å²) < 4.78 is 27.1. The molecule has 4 aromatic carbocycles. The number of nitrogens with zero attached hydrogens (tertiary/aromatic N) is 1. The van der Waals surface area contributed by atoms with Gasteiger partial charge in [-0.05, 0) is 53.6 Å². The first-order chi connectivity index (χ1) is 20.4. The smallest absolute Gasteiger partial charge is 0.259 e. The van der Waals surface area contributed by atoms with Gasteiger partial charge in [0.1, 0.15) is 11.5 Å². The number of rotatable bonds is 9. The summed E-state index contributed by atoms with van der Waals surface area (Å²) >= 11 is 0. The minimum absolute atomic E-state index is 0.214. The van der Waals surface area contributed by atoms with Crippen LogP contribution in [-0.2, 0) is 4.79 Å². The van der Waals surface area contributed by atoms with E-state index in [4.69, 9.17) is 23.7 Å². The van der Waals surface area contributed by atoms with Crippen molar-refractivity contribution in [3.63, 3.8) is 0 Å². The average molecular weight is 569 g/mol. The van der Waals surface area contributed by atoms with E-state index in [2.05, 4.69) is 5.32 Å². The zero-order valence-electron chi connectivity index (χ0n) is 24.0. The minimum Gasteiger partial charge on any atom is -0.497 e. The second-order valence-corrected chi connectivity index (χ2v) is 9.56. The molecular formula is C33H32N2O7. The summed E-state index contributed by atoms with van der Waals surface area (Å²) in [6, 6.07) is 24.5. The third-order valence-electron chi connectivity index (χ3n) is 7.36. The van der Waals surface area contributed by atoms with Crippen LogP contribution in [-0.4, -0.2) is 47.4 Å². The van der Waals surface area contributed by atoms with E-state index in [1.54, 1.807) is 55.5 Å². The zero-order valence-corrected chi connectivity index (χ0v) is 24.0. The van der Waals surface area contributed by atoms with Crippen molar-refractivity contribution in [2.45, 2.75) is 12.0 Å². The Morgan fingerprint density at radius 3 is 1.83 bits per heavy atom. The Bertz CT molecular complexity index is 1560. The van der Waals surface area contributed by atoms with Gasteiger partial charge in [0.05, 0.1) is 47.5 Å². The van der Waals surface area contributed by atoms with E-state index in [0.717, 1.165) is 5.56 Å². The van der Waals surface area contributed by atoms with Gasteiger partial charge in [0.15, 0.2) is 11.5 Å². The van der Waals surface area contributed by atoms with Gasteiger partial charge in [-0.1, -0.05) is 30.3 Å². The molecule has 0 spiro atoms. The molecule has 0 bridgehead atoms. The van der Waals surface area contributed by atoms with Crippen molar-refractivity contribution in [1.29, 1.82) is 0 Å². The lowest BCUT2D eigenvalue weighted by molar-refractivity contribution is -0.118. The molecular weight excluding hydrogens is 536 g/mol. The summed E-state index contributed by atoms with van der Waals surface area (Å²) in [6.45, 7) is 0. The van der Waals surface area contributed by atoms with Crippen LogP contribution in [0.25, 0.3) is 0 Å². The summed E-state index contributed by atoms with van der Waals surface area (Å²) in [6.07, 6.45) is 0. The number of carbonyl (C=O) groups is 2. The molecule has 1 N–H and O–H groups in total. The summed E-state index contributed by atoms with van der Waals surface area (Å²) in [5, 5.41) is 3.04. The third-order valence-corrected chi connectivity index (χ3v) is 7.36. The number of nitrogens with one attached hydrogen (secondary N) is 1. The molecule has 2 amide bonds. The Labute approximate surface area is 244 Å². The number of ether oxygens (including phenoxy) is 5. The molecule has 1 heterocycles. The quantitative estimate of drug-likeness (QED) is 0.271. The van der Waals surface area contributed by atoms with Gasteiger partial charge in [-0.3, -0.25) is 14.5 Å². The van der Waals surface area contributed by atoms with E-state index < -0.39 is 12.0 Å². The fourth-order valence-electron chi connectivity index (χ4n) is 5.36. The predicted octanol–water partition coefficient (Wildman–Crippen LogP) is 5.85. The van der Waals surface area contributed by atoms with Gasteiger partial charge in [0, 0.05) is 29.1 Å². The van der Waals surface area contributed by atoms with Gasteiger partial charge < -0.3 is 29.0 Å². The van der Waals surface area contributed by atoms with E-state index >= 15 is 0 Å². The minimum atomic E-state index is -0.784. The summed E-state index contributed by atoms with van der Waals surface area (Å²) in [4.78, 5) is 30.2. The molecule has 2 atom stereocenters. The number of benzene rings is 4. The molecule has 0 radical (unpaired) electrons. The molecule has 9 heteroatoms. The lowest BCUT2D eigenvalue weighted by Crippen LogP contribution is -2.46. The van der Waals surface area contributed by atoms with Crippen molar-refractivity contribution < 1.29 is 33.3 Å². The Balaban J connectivity index is 1.67. The molecule has 42 heavy (non-hydrogen) atoms. The van der Waals surface area contributed by atoms with Crippen LogP contribution in [0.3, 0.4) is 0 Å². The number of anilines is 2. The predicted molar refractivity (Wildman–Crippen MR) is 159 cm³/mol. The number of amides is 2. The number of carbonyl (C=O) groups excluding carboxylic acids is 2. The maximum atomic E-state index is 14.4. The van der Waals surface area contributed by atoms with Crippen LogP contribution >= 0.6 is 0 Å². The van der Waals surface area contributed by atoms with Gasteiger partial charge in [-0.25, -0.2) is 0 Å². The van der Waals surface area contributed by atoms with Crippen molar-refractivity contribution in [3.05, 3.63) is 102 Å². The van der Waals surface area contributed by atoms with Gasteiger partial charge in [-0.2, -0.15) is 0 Å². The highest BCUT2D eigenvalue weighted by Crippen LogP contribution is 2.47. The molecule has 0 saturated carbocycles. The van der Waals surface area contributed by atoms with Gasteiger partial charge >= 0.3 is 0 Å². The first-order valence-corrected chi connectivity index (χ1v) is 13.2. The fourth-order valence-corrected chi connectivity index (χ4v) is 5.36. The maximum absolute atomic E-state index is 14.4. The average Bonchev–Trinajstić information content (AvgIpc) is 3.04. The fraction of sp³-hybridized carbons (Fsp3) is 0.212. The van der Waals surface area contributed by atoms with E-state index in [1.807, 2.05) is 48.5 Å². The van der Waals surface area contributed by atoms with Gasteiger partial charge in [0.25, 0.3) is 5.91 Å². The highest BCUT2D eigenvalue weighted by atomic mass is 16.5. The van der Waals surface area contributed by atoms with Crippen molar-refractivity contribution >= 4 is 23.2 Å². The Morgan fingerprint density at radius 2 is 1.29 bits per heavy atom. The van der Waals surface area contributed by atoms with E-state index in [1.165, 1.54) is 21.3 Å². The van der Waals surface area contributed by atoms with E-state index in [9.17, 15) is 9.59 Å². The number of hydrogen-bond donors (Lipinski definition) is 1. The Hall–Kier alpha value is -5.18. The normalized spacial score (nSPS) is 15.8. The molecule has 1 aliphatic rings. The topological polar surface area (TPSA) is 95.6 Å². The van der Waals surface area contributed by atoms with Crippen LogP contribution in [0.15, 0.2) is 84.9 Å². The van der Waals surface area contributed by atoms with E-state index in [-0.39, 0.29) is 11.8 Å². The van der Waals surface area contributed by atoms with Gasteiger partial charge in [-0.15, -0.1) is 0 Å². The molecule has 216 valence electrons. The molecule has 0 saturated heterocycles. The molecule has 5 rings (SSSR count). The Kier molecular flexibility index (Phi) is 8.19. The highest BCUT2D eigenvalue weighted by Gasteiger charge is 2.45. The summed E-state index contributed by atoms with van der Waals surface area (Å²) in [7, 11) is 7.71. The lowest BCUT2D eigenvalue weighted by atomic mass is 9.78. The molecule has 9 nitrogen and oxygen atoms in total. The molecule has 1 aliphatic heterocycles. The highest BCUT2D eigenvalue weighted by molar-refractivity contribution is 6.12. The van der Waals surface area contributed by atoms with Crippen molar-refractivity contribution in [1.82, 2.24) is 0 Å². The molecule has 0 fully saturated rings. The maximum Gasteiger partial charge on any atom is 0.259 e. The standard InChI is InChI=1S/C33H32N2O7/c1-38-23-14-10-20(11-15-23)30-29(32(36)34-21-18-27(40-3)31(42-5)28(19-21)41-4)25-8-6-7-9-26(25)33(37)35(30)22-12-16-24(39-2)17-13-22/h6-19,29-30H,1-5H3,(H,34,36)/t29-,30+/m1/s1. The van der Waals surface area contributed by atoms with Crippen LogP contribution in [0.4, 0.5) is 11.4 Å². The van der Waals surface area contributed by atoms with Crippen LogP contribution < -0.4 is 33.9 Å². The van der Waals surface area contributed by atoms with Crippen LogP contribution in [0, 0.1) is 0 Å². The van der Waals surface area contributed by atoms with Crippen LogP contribution in [0.2, 0.25) is 0 Å². The van der Waals surface area contributed by atoms with Crippen LogP contribution in [0.1, 0.15) is 33.4 Å². The largest absolute Gasteiger partial charge is 0.497 e. The second-order valence-electron chi connectivity index (χ2n) is 9.56. The first-order valence-electron chi connectivity index (χ1n) is 13.2. The van der Waals surface area contributed by atoms with E-state index in [0.29, 0.717) is 51.2 Å². The molecule has 0 unspecified atom stereocenters. The number of fused-ring (bicyclic) bond motifs is 1. The molecule has 0 aliphatic carbocycles. The number of methoxy groups -OCH3 is 5. The van der Waals surface area contributed by atoms with Crippen molar-refractivity contribution in [2.24, 2.45) is 0 Å². The monoisotopic (exact) mass is 568 g/mol. The summed E-state index contributed by atoms with van der Waals surface area (Å²) in [5.74, 6) is 1.21.